The van der Waals surface area contributed by atoms with Crippen LogP contribution in [0, 0.1) is 17.3 Å². The van der Waals surface area contributed by atoms with E-state index in [4.69, 9.17) is 0 Å². The topological polar surface area (TPSA) is 12.0 Å². The Bertz CT molecular complexity index is 241. The Kier molecular flexibility index (Phi) is 8.17. The molecule has 3 atom stereocenters. The molecule has 1 aliphatic rings. The first-order valence-corrected chi connectivity index (χ1v) is 9.16. The van der Waals surface area contributed by atoms with E-state index in [1.165, 1.54) is 64.2 Å². The average molecular weight is 282 g/mol. The van der Waals surface area contributed by atoms with Crippen molar-refractivity contribution in [3.05, 3.63) is 0 Å². The minimum atomic E-state index is 0.498. The number of nitrogens with one attached hydrogen (secondary N) is 1. The summed E-state index contributed by atoms with van der Waals surface area (Å²) in [4.78, 5) is 0. The molecule has 1 rings (SSSR count). The van der Waals surface area contributed by atoms with Crippen LogP contribution < -0.4 is 5.32 Å². The quantitative estimate of drug-likeness (QED) is 0.555. The Hall–Kier alpha value is -0.0400. The van der Waals surface area contributed by atoms with Crippen molar-refractivity contribution >= 4 is 0 Å². The molecular weight excluding hydrogens is 242 g/mol. The Morgan fingerprint density at radius 1 is 0.950 bits per heavy atom. The summed E-state index contributed by atoms with van der Waals surface area (Å²) in [6.45, 7) is 9.59. The Balaban J connectivity index is 2.31. The fourth-order valence-electron chi connectivity index (χ4n) is 3.94. The van der Waals surface area contributed by atoms with Crippen molar-refractivity contribution in [1.29, 1.82) is 0 Å². The van der Waals surface area contributed by atoms with Crippen LogP contribution in [0.1, 0.15) is 91.9 Å². The lowest BCUT2D eigenvalue weighted by Crippen LogP contribution is -2.41. The Labute approximate surface area is 128 Å². The minimum absolute atomic E-state index is 0.498. The van der Waals surface area contributed by atoms with Gasteiger partial charge in [0.15, 0.2) is 0 Å². The van der Waals surface area contributed by atoms with E-state index >= 15 is 0 Å². The van der Waals surface area contributed by atoms with Gasteiger partial charge in [0.05, 0.1) is 0 Å². The van der Waals surface area contributed by atoms with Crippen LogP contribution in [-0.2, 0) is 0 Å². The molecule has 20 heavy (non-hydrogen) atoms. The third-order valence-electron chi connectivity index (χ3n) is 5.51. The molecule has 0 bridgehead atoms. The van der Waals surface area contributed by atoms with E-state index in [9.17, 15) is 0 Å². The van der Waals surface area contributed by atoms with E-state index in [1.807, 2.05) is 0 Å². The van der Waals surface area contributed by atoms with Crippen molar-refractivity contribution in [2.45, 2.75) is 97.9 Å². The molecule has 1 aliphatic carbocycles. The fraction of sp³-hybridized carbons (Fsp3) is 1.00. The minimum Gasteiger partial charge on any atom is -0.317 e. The van der Waals surface area contributed by atoms with Gasteiger partial charge in [0.1, 0.15) is 0 Å². The smallest absolute Gasteiger partial charge is 0.00925 e. The van der Waals surface area contributed by atoms with Crippen LogP contribution in [0.2, 0.25) is 0 Å². The lowest BCUT2D eigenvalue weighted by atomic mass is 9.66. The van der Waals surface area contributed by atoms with Gasteiger partial charge < -0.3 is 5.32 Å². The van der Waals surface area contributed by atoms with Crippen LogP contribution in [0.15, 0.2) is 0 Å². The normalized spacial score (nSPS) is 27.8. The van der Waals surface area contributed by atoms with Gasteiger partial charge in [-0.25, -0.2) is 0 Å². The summed E-state index contributed by atoms with van der Waals surface area (Å²) in [6, 6.07) is 0.782. The number of unbranched alkanes of at least 4 members (excludes halogenated alkanes) is 5. The van der Waals surface area contributed by atoms with E-state index in [2.05, 4.69) is 40.1 Å². The van der Waals surface area contributed by atoms with Crippen molar-refractivity contribution < 1.29 is 0 Å². The van der Waals surface area contributed by atoms with Crippen molar-refractivity contribution in [3.63, 3.8) is 0 Å². The molecule has 0 aliphatic heterocycles. The van der Waals surface area contributed by atoms with Crippen molar-refractivity contribution in [2.24, 2.45) is 17.3 Å². The maximum absolute atomic E-state index is 3.59. The second kappa shape index (κ2) is 9.07. The van der Waals surface area contributed by atoms with Gasteiger partial charge in [0.2, 0.25) is 0 Å². The summed E-state index contributed by atoms with van der Waals surface area (Å²) in [5, 5.41) is 3.59. The van der Waals surface area contributed by atoms with Crippen LogP contribution >= 0.6 is 0 Å². The highest BCUT2D eigenvalue weighted by Gasteiger charge is 2.34. The molecule has 0 aromatic heterocycles. The summed E-state index contributed by atoms with van der Waals surface area (Å²) in [6.07, 6.45) is 14.3. The maximum atomic E-state index is 3.59. The van der Waals surface area contributed by atoms with Crippen LogP contribution in [0.4, 0.5) is 0 Å². The van der Waals surface area contributed by atoms with Crippen LogP contribution in [-0.4, -0.2) is 13.1 Å². The SMILES string of the molecule is CCCCCCCCC1CC(C(C)(C)C)CCC1NC. The summed E-state index contributed by atoms with van der Waals surface area (Å²) in [7, 11) is 2.16. The van der Waals surface area contributed by atoms with Crippen LogP contribution in [0.25, 0.3) is 0 Å². The second-order valence-corrected chi connectivity index (χ2v) is 8.09. The first-order valence-electron chi connectivity index (χ1n) is 9.16. The highest BCUT2D eigenvalue weighted by atomic mass is 14.9. The Morgan fingerprint density at radius 2 is 1.60 bits per heavy atom. The van der Waals surface area contributed by atoms with E-state index in [-0.39, 0.29) is 0 Å². The van der Waals surface area contributed by atoms with Gasteiger partial charge in [-0.05, 0) is 50.0 Å². The highest BCUT2D eigenvalue weighted by Crippen LogP contribution is 2.41. The molecular formula is C19H39N. The number of hydrogen-bond donors (Lipinski definition) is 1. The molecule has 1 heteroatoms. The van der Waals surface area contributed by atoms with Crippen LogP contribution in [0.3, 0.4) is 0 Å². The van der Waals surface area contributed by atoms with Gasteiger partial charge in [-0.3, -0.25) is 0 Å². The highest BCUT2D eigenvalue weighted by molar-refractivity contribution is 4.88. The summed E-state index contributed by atoms with van der Waals surface area (Å²) < 4.78 is 0. The zero-order valence-corrected chi connectivity index (χ0v) is 14.8. The maximum Gasteiger partial charge on any atom is 0.00925 e. The van der Waals surface area contributed by atoms with Crippen molar-refractivity contribution in [1.82, 2.24) is 5.32 Å². The van der Waals surface area contributed by atoms with Crippen LogP contribution in [0.5, 0.6) is 0 Å². The molecule has 1 nitrogen and oxygen atoms in total. The standard InChI is InChI=1S/C19H39N/c1-6-7-8-9-10-11-12-16-15-17(19(2,3)4)13-14-18(16)20-5/h16-18,20H,6-15H2,1-5H3. The zero-order valence-electron chi connectivity index (χ0n) is 14.8. The van der Waals surface area contributed by atoms with Gasteiger partial charge in [-0.2, -0.15) is 0 Å². The first-order chi connectivity index (χ1) is 9.49. The molecule has 0 spiro atoms. The summed E-state index contributed by atoms with van der Waals surface area (Å²) in [5.74, 6) is 1.85. The van der Waals surface area contributed by atoms with Gasteiger partial charge in [-0.15, -0.1) is 0 Å². The first kappa shape index (κ1) is 18.0. The lowest BCUT2D eigenvalue weighted by Gasteiger charge is -2.42. The Morgan fingerprint density at radius 3 is 2.20 bits per heavy atom. The van der Waals surface area contributed by atoms with E-state index in [0.717, 1.165) is 17.9 Å². The van der Waals surface area contributed by atoms with Gasteiger partial charge >= 0.3 is 0 Å². The number of rotatable bonds is 8. The zero-order chi connectivity index (χ0) is 15.0. The molecule has 1 N–H and O–H groups in total. The van der Waals surface area contributed by atoms with E-state index in [1.54, 1.807) is 0 Å². The molecule has 0 heterocycles. The molecule has 3 unspecified atom stereocenters. The van der Waals surface area contributed by atoms with Gasteiger partial charge in [-0.1, -0.05) is 66.2 Å². The largest absolute Gasteiger partial charge is 0.317 e. The van der Waals surface area contributed by atoms with E-state index in [0.29, 0.717) is 5.41 Å². The third-order valence-corrected chi connectivity index (χ3v) is 5.51. The third kappa shape index (κ3) is 6.16. The molecule has 120 valence electrons. The lowest BCUT2D eigenvalue weighted by molar-refractivity contribution is 0.111. The number of hydrogen-bond acceptors (Lipinski definition) is 1. The molecule has 1 saturated carbocycles. The monoisotopic (exact) mass is 281 g/mol. The summed E-state index contributed by atoms with van der Waals surface area (Å²) in [5.41, 5.74) is 0.498. The molecule has 0 saturated heterocycles. The summed E-state index contributed by atoms with van der Waals surface area (Å²) >= 11 is 0. The molecule has 0 radical (unpaired) electrons. The molecule has 0 aromatic carbocycles. The van der Waals surface area contributed by atoms with Gasteiger partial charge in [0, 0.05) is 6.04 Å². The van der Waals surface area contributed by atoms with Crippen molar-refractivity contribution in [3.8, 4) is 0 Å². The second-order valence-electron chi connectivity index (χ2n) is 8.09. The molecule has 1 fully saturated rings. The van der Waals surface area contributed by atoms with E-state index < -0.39 is 0 Å². The average Bonchev–Trinajstić information content (AvgIpc) is 2.41. The predicted molar refractivity (Wildman–Crippen MR) is 91.1 cm³/mol. The fourth-order valence-corrected chi connectivity index (χ4v) is 3.94. The molecule has 0 aromatic rings. The van der Waals surface area contributed by atoms with Crippen molar-refractivity contribution in [2.75, 3.05) is 7.05 Å². The predicted octanol–water partition coefficient (Wildman–Crippen LogP) is 5.79. The molecule has 0 amide bonds. The van der Waals surface area contributed by atoms with Gasteiger partial charge in [0.25, 0.3) is 0 Å².